The number of rotatable bonds is 7. The number of ether oxygens (including phenoxy) is 3. The Kier molecular flexibility index (Phi) is 7.96. The molecule has 0 aromatic rings. The Balaban J connectivity index is 2.35. The number of halogens is 1. The maximum atomic E-state index is 12.3. The van der Waals surface area contributed by atoms with E-state index in [1.54, 1.807) is 0 Å². The van der Waals surface area contributed by atoms with Crippen LogP contribution in [0, 0.1) is 0 Å². The SMILES string of the molecule is CC(C)(C)OC(=O)N(CCC[18F])CCOC1CCCCO1. The average Bonchev–Trinajstić information content (AvgIpc) is 2.41. The first-order valence-electron chi connectivity index (χ1n) is 7.69. The summed E-state index contributed by atoms with van der Waals surface area (Å²) in [5.41, 5.74) is -0.557. The number of hydrogen-bond donors (Lipinski definition) is 0. The Morgan fingerprint density at radius 3 is 2.67 bits per heavy atom. The molecule has 1 amide bonds. The number of carbonyl (C=O) groups is 1. The van der Waals surface area contributed by atoms with Crippen molar-refractivity contribution in [3.63, 3.8) is 0 Å². The van der Waals surface area contributed by atoms with E-state index in [2.05, 4.69) is 0 Å². The summed E-state index contributed by atoms with van der Waals surface area (Å²) in [6.07, 6.45) is 2.75. The van der Waals surface area contributed by atoms with E-state index < -0.39 is 18.4 Å². The van der Waals surface area contributed by atoms with Gasteiger partial charge in [0, 0.05) is 19.7 Å². The van der Waals surface area contributed by atoms with Crippen LogP contribution >= 0.6 is 0 Å². The zero-order chi connectivity index (χ0) is 15.7. The van der Waals surface area contributed by atoms with Crippen LogP contribution in [0.4, 0.5) is 9.18 Å². The number of alkyl halides is 1. The molecule has 1 aliphatic heterocycles. The molecule has 5 nitrogen and oxygen atoms in total. The Labute approximate surface area is 126 Å². The van der Waals surface area contributed by atoms with Crippen molar-refractivity contribution in [1.29, 1.82) is 0 Å². The molecule has 1 rings (SSSR count). The van der Waals surface area contributed by atoms with Gasteiger partial charge in [0.25, 0.3) is 0 Å². The molecule has 1 saturated heterocycles. The van der Waals surface area contributed by atoms with Gasteiger partial charge in [-0.25, -0.2) is 4.79 Å². The smallest absolute Gasteiger partial charge is 0.410 e. The molecule has 0 aliphatic carbocycles. The van der Waals surface area contributed by atoms with Gasteiger partial charge in [0.1, 0.15) is 5.60 Å². The number of amides is 1. The van der Waals surface area contributed by atoms with Crippen molar-refractivity contribution in [3.8, 4) is 0 Å². The second kappa shape index (κ2) is 9.20. The van der Waals surface area contributed by atoms with Crippen molar-refractivity contribution in [1.82, 2.24) is 4.90 Å². The van der Waals surface area contributed by atoms with E-state index in [1.807, 2.05) is 20.8 Å². The lowest BCUT2D eigenvalue weighted by molar-refractivity contribution is -0.163. The van der Waals surface area contributed by atoms with Crippen molar-refractivity contribution in [2.75, 3.05) is 33.0 Å². The van der Waals surface area contributed by atoms with E-state index in [-0.39, 0.29) is 6.29 Å². The van der Waals surface area contributed by atoms with E-state index in [4.69, 9.17) is 14.2 Å². The normalized spacial score (nSPS) is 19.3. The van der Waals surface area contributed by atoms with Gasteiger partial charge < -0.3 is 19.1 Å². The summed E-state index contributed by atoms with van der Waals surface area (Å²) in [4.78, 5) is 13.5. The van der Waals surface area contributed by atoms with Gasteiger partial charge in [0.15, 0.2) is 6.29 Å². The first kappa shape index (κ1) is 18.2. The third-order valence-corrected chi connectivity index (χ3v) is 3.02. The highest BCUT2D eigenvalue weighted by Crippen LogP contribution is 2.14. The minimum Gasteiger partial charge on any atom is -0.444 e. The lowest BCUT2D eigenvalue weighted by Crippen LogP contribution is -2.40. The van der Waals surface area contributed by atoms with Crippen molar-refractivity contribution in [3.05, 3.63) is 0 Å². The zero-order valence-electron chi connectivity index (χ0n) is 13.4. The summed E-state index contributed by atoms with van der Waals surface area (Å²) in [6, 6.07) is 0. The molecule has 1 fully saturated rings. The molecule has 0 saturated carbocycles. The molecular weight excluding hydrogens is 276 g/mol. The van der Waals surface area contributed by atoms with E-state index >= 15 is 0 Å². The average molecular weight is 304 g/mol. The highest BCUT2D eigenvalue weighted by atomic mass is 18.2. The molecule has 1 atom stereocenters. The van der Waals surface area contributed by atoms with Crippen LogP contribution in [-0.2, 0) is 14.2 Å². The molecule has 0 radical (unpaired) electrons. The molecule has 1 aliphatic rings. The monoisotopic (exact) mass is 304 g/mol. The number of hydrogen-bond acceptors (Lipinski definition) is 4. The van der Waals surface area contributed by atoms with Gasteiger partial charge in [-0.3, -0.25) is 4.39 Å². The molecule has 0 bridgehead atoms. The largest absolute Gasteiger partial charge is 0.444 e. The molecule has 0 spiro atoms. The van der Waals surface area contributed by atoms with E-state index in [1.165, 1.54) is 4.90 Å². The predicted octanol–water partition coefficient (Wildman–Crippen LogP) is 3.13. The summed E-state index contributed by atoms with van der Waals surface area (Å²) < 4.78 is 28.7. The Bertz CT molecular complexity index is 301. The maximum absolute atomic E-state index is 12.3. The van der Waals surface area contributed by atoms with Gasteiger partial charge in [-0.2, -0.15) is 0 Å². The highest BCUT2D eigenvalue weighted by molar-refractivity contribution is 5.68. The number of carbonyl (C=O) groups excluding carboxylic acids is 1. The summed E-state index contributed by atoms with van der Waals surface area (Å²) in [5.74, 6) is 0. The summed E-state index contributed by atoms with van der Waals surface area (Å²) >= 11 is 0. The molecule has 1 unspecified atom stereocenters. The van der Waals surface area contributed by atoms with Crippen LogP contribution < -0.4 is 0 Å². The maximum Gasteiger partial charge on any atom is 0.410 e. The van der Waals surface area contributed by atoms with Crippen LogP contribution in [0.3, 0.4) is 0 Å². The zero-order valence-corrected chi connectivity index (χ0v) is 13.4. The molecule has 21 heavy (non-hydrogen) atoms. The molecule has 0 aromatic heterocycles. The molecule has 0 aromatic carbocycles. The predicted molar refractivity (Wildman–Crippen MR) is 77.9 cm³/mol. The fourth-order valence-electron chi connectivity index (χ4n) is 2.01. The van der Waals surface area contributed by atoms with Crippen LogP contribution in [0.2, 0.25) is 0 Å². The van der Waals surface area contributed by atoms with Gasteiger partial charge in [0.2, 0.25) is 0 Å². The van der Waals surface area contributed by atoms with Crippen molar-refractivity contribution >= 4 is 6.09 Å². The van der Waals surface area contributed by atoms with Crippen molar-refractivity contribution in [2.24, 2.45) is 0 Å². The highest BCUT2D eigenvalue weighted by Gasteiger charge is 2.22. The topological polar surface area (TPSA) is 48.0 Å². The summed E-state index contributed by atoms with van der Waals surface area (Å²) in [6.45, 7) is 6.79. The second-order valence-electron chi connectivity index (χ2n) is 6.18. The fraction of sp³-hybridized carbons (Fsp3) is 0.933. The molecule has 6 heteroatoms. The lowest BCUT2D eigenvalue weighted by Gasteiger charge is -2.28. The third kappa shape index (κ3) is 8.21. The Morgan fingerprint density at radius 2 is 2.10 bits per heavy atom. The minimum absolute atomic E-state index is 0.180. The van der Waals surface area contributed by atoms with Crippen LogP contribution in [0.25, 0.3) is 0 Å². The quantitative estimate of drug-likeness (QED) is 0.725. The van der Waals surface area contributed by atoms with Crippen LogP contribution in [-0.4, -0.2) is 55.9 Å². The van der Waals surface area contributed by atoms with Gasteiger partial charge in [-0.1, -0.05) is 0 Å². The van der Waals surface area contributed by atoms with Crippen molar-refractivity contribution in [2.45, 2.75) is 58.3 Å². The standard InChI is InChI=1S/C15H28FNO4/c1-15(2,3)21-14(18)17(9-6-8-16)10-12-20-13-7-4-5-11-19-13/h13H,4-12H2,1-3H3/i16-1. The fourth-order valence-corrected chi connectivity index (χ4v) is 2.01. The van der Waals surface area contributed by atoms with Gasteiger partial charge in [-0.15, -0.1) is 0 Å². The summed E-state index contributed by atoms with van der Waals surface area (Å²) in [5, 5.41) is 0. The van der Waals surface area contributed by atoms with E-state index in [9.17, 15) is 9.18 Å². The van der Waals surface area contributed by atoms with Crippen LogP contribution in [0.1, 0.15) is 46.5 Å². The minimum atomic E-state index is -0.557. The molecule has 124 valence electrons. The van der Waals surface area contributed by atoms with E-state index in [0.29, 0.717) is 26.1 Å². The van der Waals surface area contributed by atoms with Crippen LogP contribution in [0.15, 0.2) is 0 Å². The van der Waals surface area contributed by atoms with Gasteiger partial charge >= 0.3 is 6.09 Å². The first-order chi connectivity index (χ1) is 9.92. The van der Waals surface area contributed by atoms with E-state index in [0.717, 1.165) is 25.9 Å². The summed E-state index contributed by atoms with van der Waals surface area (Å²) in [7, 11) is 0. The Hall–Kier alpha value is -0.880. The molecular formula is C15H28FNO4. The van der Waals surface area contributed by atoms with Crippen LogP contribution in [0.5, 0.6) is 0 Å². The number of nitrogens with zero attached hydrogens (tertiary/aromatic N) is 1. The molecule has 1 heterocycles. The van der Waals surface area contributed by atoms with Gasteiger partial charge in [0.05, 0.1) is 13.3 Å². The molecule has 0 N–H and O–H groups in total. The third-order valence-electron chi connectivity index (χ3n) is 3.02. The first-order valence-corrected chi connectivity index (χ1v) is 7.69. The lowest BCUT2D eigenvalue weighted by atomic mass is 10.2. The van der Waals surface area contributed by atoms with Crippen molar-refractivity contribution < 1.29 is 23.4 Å². The second-order valence-corrected chi connectivity index (χ2v) is 6.18. The van der Waals surface area contributed by atoms with Gasteiger partial charge in [-0.05, 0) is 46.5 Å². The Morgan fingerprint density at radius 1 is 1.33 bits per heavy atom.